The minimum atomic E-state index is -0.323. The Hall–Kier alpha value is -2.33. The maximum Gasteiger partial charge on any atom is 0.277 e. The molecule has 0 aliphatic rings. The van der Waals surface area contributed by atoms with E-state index in [9.17, 15) is 4.79 Å². The fourth-order valence-electron chi connectivity index (χ4n) is 1.72. The second kappa shape index (κ2) is 7.61. The van der Waals surface area contributed by atoms with Crippen molar-refractivity contribution in [3.63, 3.8) is 0 Å². The molecule has 114 valence electrons. The molecule has 0 fully saturated rings. The van der Waals surface area contributed by atoms with Crippen molar-refractivity contribution in [2.24, 2.45) is 5.10 Å². The Morgan fingerprint density at radius 2 is 1.95 bits per heavy atom. The van der Waals surface area contributed by atoms with Crippen LogP contribution in [0.15, 0.2) is 47.6 Å². The van der Waals surface area contributed by atoms with Crippen LogP contribution in [0.3, 0.4) is 0 Å². The van der Waals surface area contributed by atoms with Gasteiger partial charge in [0.05, 0.1) is 6.21 Å². The Morgan fingerprint density at radius 3 is 2.64 bits per heavy atom. The number of nitrogens with one attached hydrogen (secondary N) is 1. The molecule has 0 unspecified atom stereocenters. The summed E-state index contributed by atoms with van der Waals surface area (Å²) < 4.78 is 5.38. The SMILES string of the molecule is Cc1ccc(/C=N\NC(=O)COc2ccc(Cl)c(C)c2)cc1. The minimum Gasteiger partial charge on any atom is -0.484 e. The summed E-state index contributed by atoms with van der Waals surface area (Å²) in [7, 11) is 0. The molecule has 5 heteroatoms. The number of halogens is 1. The first-order chi connectivity index (χ1) is 10.5. The van der Waals surface area contributed by atoms with E-state index < -0.39 is 0 Å². The van der Waals surface area contributed by atoms with Crippen LogP contribution < -0.4 is 10.2 Å². The Morgan fingerprint density at radius 1 is 1.23 bits per heavy atom. The number of rotatable bonds is 5. The smallest absolute Gasteiger partial charge is 0.277 e. The van der Waals surface area contributed by atoms with Gasteiger partial charge in [0.25, 0.3) is 5.91 Å². The number of hydrogen-bond acceptors (Lipinski definition) is 3. The van der Waals surface area contributed by atoms with Crippen LogP contribution in [0.2, 0.25) is 5.02 Å². The first kappa shape index (κ1) is 16.0. The van der Waals surface area contributed by atoms with Crippen molar-refractivity contribution in [1.82, 2.24) is 5.43 Å². The molecule has 2 aromatic carbocycles. The van der Waals surface area contributed by atoms with Gasteiger partial charge in [-0.25, -0.2) is 5.43 Å². The van der Waals surface area contributed by atoms with Crippen LogP contribution in [0.1, 0.15) is 16.7 Å². The highest BCUT2D eigenvalue weighted by molar-refractivity contribution is 6.31. The van der Waals surface area contributed by atoms with Gasteiger partial charge in [-0.15, -0.1) is 0 Å². The van der Waals surface area contributed by atoms with Gasteiger partial charge in [-0.3, -0.25) is 4.79 Å². The largest absolute Gasteiger partial charge is 0.484 e. The number of carbonyl (C=O) groups excluding carboxylic acids is 1. The van der Waals surface area contributed by atoms with E-state index in [1.54, 1.807) is 24.4 Å². The van der Waals surface area contributed by atoms with Crippen molar-refractivity contribution < 1.29 is 9.53 Å². The maximum absolute atomic E-state index is 11.6. The number of nitrogens with zero attached hydrogens (tertiary/aromatic N) is 1. The quantitative estimate of drug-likeness (QED) is 0.678. The summed E-state index contributed by atoms with van der Waals surface area (Å²) in [5.74, 6) is 0.274. The highest BCUT2D eigenvalue weighted by Crippen LogP contribution is 2.20. The molecule has 0 atom stereocenters. The summed E-state index contributed by atoms with van der Waals surface area (Å²) in [6.07, 6.45) is 1.59. The zero-order chi connectivity index (χ0) is 15.9. The zero-order valence-corrected chi connectivity index (χ0v) is 13.2. The highest BCUT2D eigenvalue weighted by Gasteiger charge is 2.03. The third kappa shape index (κ3) is 4.90. The molecule has 2 aromatic rings. The molecule has 0 aromatic heterocycles. The molecule has 2 rings (SSSR count). The van der Waals surface area contributed by atoms with Gasteiger partial charge >= 0.3 is 0 Å². The second-order valence-corrected chi connectivity index (χ2v) is 5.31. The topological polar surface area (TPSA) is 50.7 Å². The molecule has 0 saturated carbocycles. The van der Waals surface area contributed by atoms with E-state index in [4.69, 9.17) is 16.3 Å². The van der Waals surface area contributed by atoms with Crippen molar-refractivity contribution in [2.75, 3.05) is 6.61 Å². The second-order valence-electron chi connectivity index (χ2n) is 4.90. The van der Waals surface area contributed by atoms with Crippen molar-refractivity contribution >= 4 is 23.7 Å². The summed E-state index contributed by atoms with van der Waals surface area (Å²) >= 11 is 5.93. The molecule has 0 aliphatic carbocycles. The monoisotopic (exact) mass is 316 g/mol. The van der Waals surface area contributed by atoms with E-state index in [0.717, 1.165) is 11.1 Å². The van der Waals surface area contributed by atoms with Gasteiger partial charge in [0.1, 0.15) is 5.75 Å². The third-order valence-corrected chi connectivity index (χ3v) is 3.40. The van der Waals surface area contributed by atoms with Crippen molar-refractivity contribution in [2.45, 2.75) is 13.8 Å². The first-order valence-corrected chi connectivity index (χ1v) is 7.20. The number of aryl methyl sites for hydroxylation is 2. The first-order valence-electron chi connectivity index (χ1n) is 6.82. The van der Waals surface area contributed by atoms with E-state index in [1.165, 1.54) is 5.56 Å². The van der Waals surface area contributed by atoms with Crippen LogP contribution in [0.4, 0.5) is 0 Å². The number of carbonyl (C=O) groups is 1. The van der Waals surface area contributed by atoms with Crippen LogP contribution in [0.5, 0.6) is 5.75 Å². The summed E-state index contributed by atoms with van der Waals surface area (Å²) in [5.41, 5.74) is 5.41. The fourth-order valence-corrected chi connectivity index (χ4v) is 1.84. The average molecular weight is 317 g/mol. The predicted octanol–water partition coefficient (Wildman–Crippen LogP) is 3.49. The number of amides is 1. The van der Waals surface area contributed by atoms with E-state index in [-0.39, 0.29) is 12.5 Å². The number of hydrazone groups is 1. The average Bonchev–Trinajstić information content (AvgIpc) is 2.50. The molecule has 0 saturated heterocycles. The maximum atomic E-state index is 11.6. The van der Waals surface area contributed by atoms with Crippen molar-refractivity contribution in [1.29, 1.82) is 0 Å². The van der Waals surface area contributed by atoms with Crippen LogP contribution >= 0.6 is 11.6 Å². The summed E-state index contributed by atoms with van der Waals surface area (Å²) in [4.78, 5) is 11.6. The Bertz CT molecular complexity index is 682. The molecule has 0 bridgehead atoms. The minimum absolute atomic E-state index is 0.105. The lowest BCUT2D eigenvalue weighted by Crippen LogP contribution is -2.24. The van der Waals surface area contributed by atoms with Crippen LogP contribution in [0, 0.1) is 13.8 Å². The number of ether oxygens (including phenoxy) is 1. The molecule has 4 nitrogen and oxygen atoms in total. The molecule has 1 N–H and O–H groups in total. The lowest BCUT2D eigenvalue weighted by molar-refractivity contribution is -0.123. The predicted molar refractivity (Wildman–Crippen MR) is 88.6 cm³/mol. The van der Waals surface area contributed by atoms with Gasteiger partial charge in [0, 0.05) is 5.02 Å². The highest BCUT2D eigenvalue weighted by atomic mass is 35.5. The third-order valence-electron chi connectivity index (χ3n) is 2.98. The zero-order valence-electron chi connectivity index (χ0n) is 12.5. The van der Waals surface area contributed by atoms with Crippen LogP contribution in [0.25, 0.3) is 0 Å². The van der Waals surface area contributed by atoms with E-state index in [2.05, 4.69) is 10.5 Å². The molecule has 1 amide bonds. The molecule has 0 spiro atoms. The standard InChI is InChI=1S/C17H17ClN2O2/c1-12-3-5-14(6-4-12)10-19-20-17(21)11-22-15-7-8-16(18)13(2)9-15/h3-10H,11H2,1-2H3,(H,20,21)/b19-10-. The van der Waals surface area contributed by atoms with E-state index in [1.807, 2.05) is 38.1 Å². The molecule has 22 heavy (non-hydrogen) atoms. The van der Waals surface area contributed by atoms with E-state index in [0.29, 0.717) is 10.8 Å². The summed E-state index contributed by atoms with van der Waals surface area (Å²) in [6, 6.07) is 13.1. The molecule has 0 radical (unpaired) electrons. The Balaban J connectivity index is 1.80. The molecular weight excluding hydrogens is 300 g/mol. The molecule has 0 aliphatic heterocycles. The van der Waals surface area contributed by atoms with Crippen molar-refractivity contribution in [3.8, 4) is 5.75 Å². The van der Waals surface area contributed by atoms with Crippen LogP contribution in [-0.2, 0) is 4.79 Å². The van der Waals surface area contributed by atoms with Gasteiger partial charge in [0.15, 0.2) is 6.61 Å². The number of hydrogen-bond donors (Lipinski definition) is 1. The van der Waals surface area contributed by atoms with Gasteiger partial charge < -0.3 is 4.74 Å². The Labute approximate surface area is 134 Å². The lowest BCUT2D eigenvalue weighted by atomic mass is 10.2. The molecular formula is C17H17ClN2O2. The van der Waals surface area contributed by atoms with Crippen LogP contribution in [-0.4, -0.2) is 18.7 Å². The Kier molecular flexibility index (Phi) is 5.55. The molecule has 0 heterocycles. The van der Waals surface area contributed by atoms with Gasteiger partial charge in [0.2, 0.25) is 0 Å². The van der Waals surface area contributed by atoms with Gasteiger partial charge in [-0.1, -0.05) is 41.4 Å². The fraction of sp³-hybridized carbons (Fsp3) is 0.176. The lowest BCUT2D eigenvalue weighted by Gasteiger charge is -2.06. The summed E-state index contributed by atoms with van der Waals surface area (Å²) in [5, 5.41) is 4.56. The number of benzene rings is 2. The van der Waals surface area contributed by atoms with Gasteiger partial charge in [-0.05, 0) is 43.2 Å². The van der Waals surface area contributed by atoms with Gasteiger partial charge in [-0.2, -0.15) is 5.10 Å². The van der Waals surface area contributed by atoms with Crippen molar-refractivity contribution in [3.05, 3.63) is 64.2 Å². The van der Waals surface area contributed by atoms with E-state index >= 15 is 0 Å². The summed E-state index contributed by atoms with van der Waals surface area (Å²) in [6.45, 7) is 3.78. The normalized spacial score (nSPS) is 10.7.